The van der Waals surface area contributed by atoms with Crippen molar-refractivity contribution >= 4 is 0 Å². The summed E-state index contributed by atoms with van der Waals surface area (Å²) >= 11 is 0. The molecular formula is C20H28. The maximum Gasteiger partial charge on any atom is -0.0222 e. The Bertz CT molecular complexity index is 512. The Morgan fingerprint density at radius 2 is 1.40 bits per heavy atom. The lowest BCUT2D eigenvalue weighted by Gasteiger charge is -2.87. The van der Waals surface area contributed by atoms with Crippen LogP contribution in [0.3, 0.4) is 0 Å². The first kappa shape index (κ1) is 10.7. The van der Waals surface area contributed by atoms with Crippen molar-refractivity contribution in [3.8, 4) is 0 Å². The topological polar surface area (TPSA) is 0 Å². The van der Waals surface area contributed by atoms with Crippen molar-refractivity contribution in [2.45, 2.75) is 58.8 Å². The summed E-state index contributed by atoms with van der Waals surface area (Å²) in [6.45, 7) is 5.45. The Kier molecular flexibility index (Phi) is 1.37. The highest BCUT2D eigenvalue weighted by Crippen LogP contribution is 2.88. The van der Waals surface area contributed by atoms with Gasteiger partial charge in [-0.15, -0.1) is 0 Å². The molecule has 0 aromatic rings. The molecule has 0 nitrogen and oxygen atoms in total. The van der Waals surface area contributed by atoms with Gasteiger partial charge in [-0.05, 0) is 109 Å². The summed E-state index contributed by atoms with van der Waals surface area (Å²) in [6, 6.07) is 0. The van der Waals surface area contributed by atoms with Crippen molar-refractivity contribution in [2.75, 3.05) is 0 Å². The Hall–Kier alpha value is 0. The predicted octanol–water partition coefficient (Wildman–Crippen LogP) is 4.74. The fraction of sp³-hybridized carbons (Fsp3) is 1.00. The summed E-state index contributed by atoms with van der Waals surface area (Å²) in [5.74, 6) is 9.44. The molecule has 0 amide bonds. The van der Waals surface area contributed by atoms with Crippen LogP contribution < -0.4 is 0 Å². The summed E-state index contributed by atoms with van der Waals surface area (Å²) in [6.07, 6.45) is 11.6. The molecule has 6 unspecified atom stereocenters. The molecule has 6 atom stereocenters. The zero-order valence-corrected chi connectivity index (χ0v) is 13.1. The van der Waals surface area contributed by atoms with Gasteiger partial charge in [-0.3, -0.25) is 0 Å². The third-order valence-electron chi connectivity index (χ3n) is 10.6. The van der Waals surface area contributed by atoms with E-state index in [2.05, 4.69) is 13.8 Å². The van der Waals surface area contributed by atoms with Crippen LogP contribution in [0, 0.1) is 63.6 Å². The van der Waals surface area contributed by atoms with Crippen molar-refractivity contribution in [1.29, 1.82) is 0 Å². The van der Waals surface area contributed by atoms with Gasteiger partial charge in [0.05, 0.1) is 0 Å². The molecule has 10 fully saturated rings. The summed E-state index contributed by atoms with van der Waals surface area (Å²) in [7, 11) is 0. The van der Waals surface area contributed by atoms with Gasteiger partial charge < -0.3 is 0 Å². The van der Waals surface area contributed by atoms with Gasteiger partial charge in [-0.1, -0.05) is 13.8 Å². The lowest BCUT2D eigenvalue weighted by Crippen LogP contribution is -2.80. The summed E-state index contributed by atoms with van der Waals surface area (Å²) in [5, 5.41) is 0. The third kappa shape index (κ3) is 0.774. The van der Waals surface area contributed by atoms with Crippen LogP contribution in [0.15, 0.2) is 0 Å². The van der Waals surface area contributed by atoms with Crippen LogP contribution in [-0.4, -0.2) is 0 Å². The molecule has 10 aliphatic carbocycles. The zero-order valence-electron chi connectivity index (χ0n) is 13.1. The summed E-state index contributed by atoms with van der Waals surface area (Å²) < 4.78 is 0. The normalized spacial score (nSPS) is 80.7. The molecule has 0 N–H and O–H groups in total. The second-order valence-electron chi connectivity index (χ2n) is 11.1. The Labute approximate surface area is 123 Å². The molecular weight excluding hydrogens is 240 g/mol. The molecule has 11 bridgehead atoms. The molecule has 10 rings (SSSR count). The molecule has 0 saturated heterocycles. The monoisotopic (exact) mass is 268 g/mol. The lowest BCUT2D eigenvalue weighted by atomic mass is 9.18. The third-order valence-corrected chi connectivity index (χ3v) is 10.6. The van der Waals surface area contributed by atoms with Crippen LogP contribution in [0.5, 0.6) is 0 Å². The minimum atomic E-state index is 0.776. The quantitative estimate of drug-likeness (QED) is 0.595. The van der Waals surface area contributed by atoms with Gasteiger partial charge in [0.2, 0.25) is 0 Å². The highest BCUT2D eigenvalue weighted by Gasteiger charge is 2.82. The fourth-order valence-electron chi connectivity index (χ4n) is 11.2. The van der Waals surface area contributed by atoms with E-state index in [1.54, 1.807) is 44.9 Å². The van der Waals surface area contributed by atoms with Gasteiger partial charge in [0.1, 0.15) is 0 Å². The molecule has 0 aromatic carbocycles. The van der Waals surface area contributed by atoms with Gasteiger partial charge in [0.25, 0.3) is 0 Å². The minimum Gasteiger partial charge on any atom is -0.0596 e. The van der Waals surface area contributed by atoms with E-state index in [-0.39, 0.29) is 0 Å². The van der Waals surface area contributed by atoms with E-state index in [9.17, 15) is 0 Å². The molecule has 1 spiro atoms. The van der Waals surface area contributed by atoms with Crippen LogP contribution in [0.4, 0.5) is 0 Å². The van der Waals surface area contributed by atoms with Crippen molar-refractivity contribution in [1.82, 2.24) is 0 Å². The van der Waals surface area contributed by atoms with Gasteiger partial charge in [-0.2, -0.15) is 0 Å². The fourth-order valence-corrected chi connectivity index (χ4v) is 11.2. The second-order valence-corrected chi connectivity index (χ2v) is 11.1. The smallest absolute Gasteiger partial charge is 0.0222 e. The van der Waals surface area contributed by atoms with Gasteiger partial charge in [0.15, 0.2) is 0 Å². The van der Waals surface area contributed by atoms with Crippen molar-refractivity contribution in [3.05, 3.63) is 0 Å². The first-order valence-corrected chi connectivity index (χ1v) is 9.54. The lowest BCUT2D eigenvalue weighted by molar-refractivity contribution is -0.385. The summed E-state index contributed by atoms with van der Waals surface area (Å²) in [5.41, 5.74) is 2.46. The predicted molar refractivity (Wildman–Crippen MR) is 78.9 cm³/mol. The maximum absolute atomic E-state index is 2.76. The van der Waals surface area contributed by atoms with Crippen molar-refractivity contribution in [2.24, 2.45) is 63.6 Å². The molecule has 0 aliphatic heterocycles. The van der Waals surface area contributed by atoms with Crippen LogP contribution >= 0.6 is 0 Å². The number of rotatable bonds is 0. The molecule has 0 aromatic heterocycles. The Morgan fingerprint density at radius 1 is 0.750 bits per heavy atom. The SMILES string of the molecule is CC12CC3C4CC5(C)C6CC7CC5C(C4C1)C(C7)(C2)C36. The zero-order chi connectivity index (χ0) is 13.1. The average molecular weight is 268 g/mol. The van der Waals surface area contributed by atoms with Crippen molar-refractivity contribution in [3.63, 3.8) is 0 Å². The highest BCUT2D eigenvalue weighted by atomic mass is 14.9. The van der Waals surface area contributed by atoms with Gasteiger partial charge in [0, 0.05) is 0 Å². The van der Waals surface area contributed by atoms with E-state index in [0.717, 1.165) is 22.2 Å². The molecule has 0 heteroatoms. The molecule has 0 radical (unpaired) electrons. The summed E-state index contributed by atoms with van der Waals surface area (Å²) in [4.78, 5) is 0. The number of hydrogen-bond donors (Lipinski definition) is 0. The Morgan fingerprint density at radius 3 is 2.05 bits per heavy atom. The largest absolute Gasteiger partial charge is 0.0596 e. The molecule has 20 heavy (non-hydrogen) atoms. The van der Waals surface area contributed by atoms with E-state index in [1.807, 2.05) is 0 Å². The standard InChI is InChI=1S/C20H28/c1-18-6-12-11-8-19(2)14-3-10-4-15(19)17(13(11)7-18)20(5-10,9-18)16(12)14/h10-17H,3-9H2,1-2H3. The molecule has 10 aliphatic rings. The molecule has 10 saturated carbocycles. The van der Waals surface area contributed by atoms with Crippen LogP contribution in [0.1, 0.15) is 58.8 Å². The molecule has 108 valence electrons. The van der Waals surface area contributed by atoms with E-state index < -0.39 is 0 Å². The second kappa shape index (κ2) is 2.56. The van der Waals surface area contributed by atoms with E-state index in [4.69, 9.17) is 0 Å². The van der Waals surface area contributed by atoms with Gasteiger partial charge in [-0.25, -0.2) is 0 Å². The van der Waals surface area contributed by atoms with E-state index in [1.165, 1.54) is 41.4 Å². The van der Waals surface area contributed by atoms with E-state index >= 15 is 0 Å². The van der Waals surface area contributed by atoms with Crippen LogP contribution in [0.2, 0.25) is 0 Å². The average Bonchev–Trinajstić information content (AvgIpc) is 2.36. The minimum absolute atomic E-state index is 0.776. The maximum atomic E-state index is 2.76. The Balaban J connectivity index is 1.56. The van der Waals surface area contributed by atoms with Crippen molar-refractivity contribution < 1.29 is 0 Å². The molecule has 0 heterocycles. The van der Waals surface area contributed by atoms with Gasteiger partial charge >= 0.3 is 0 Å². The van der Waals surface area contributed by atoms with Crippen LogP contribution in [0.25, 0.3) is 0 Å². The van der Waals surface area contributed by atoms with Crippen LogP contribution in [-0.2, 0) is 0 Å². The first-order valence-electron chi connectivity index (χ1n) is 9.54. The van der Waals surface area contributed by atoms with E-state index in [0.29, 0.717) is 0 Å². The number of hydrogen-bond acceptors (Lipinski definition) is 0. The first-order chi connectivity index (χ1) is 9.54. The highest BCUT2D eigenvalue weighted by molar-refractivity contribution is 5.30.